The van der Waals surface area contributed by atoms with E-state index in [0.717, 1.165) is 16.7 Å². The molecular formula is C22H22O7. The van der Waals surface area contributed by atoms with Gasteiger partial charge in [-0.3, -0.25) is 0 Å². The number of fused-ring (bicyclic) bond motifs is 3. The zero-order valence-electron chi connectivity index (χ0n) is 16.2. The van der Waals surface area contributed by atoms with E-state index in [-0.39, 0.29) is 36.0 Å². The molecule has 7 heteroatoms. The monoisotopic (exact) mass is 398 g/mol. The van der Waals surface area contributed by atoms with E-state index in [1.165, 1.54) is 14.2 Å². The van der Waals surface area contributed by atoms with Crippen molar-refractivity contribution in [2.24, 2.45) is 11.8 Å². The molecule has 2 aromatic carbocycles. The van der Waals surface area contributed by atoms with Crippen molar-refractivity contribution in [3.8, 4) is 34.5 Å². The molecule has 0 spiro atoms. The van der Waals surface area contributed by atoms with E-state index in [4.69, 9.17) is 23.7 Å². The van der Waals surface area contributed by atoms with Crippen molar-refractivity contribution in [2.45, 2.75) is 12.3 Å². The Balaban J connectivity index is 1.75. The van der Waals surface area contributed by atoms with Gasteiger partial charge < -0.3 is 33.9 Å². The Hall–Kier alpha value is -3.22. The molecule has 2 heterocycles. The van der Waals surface area contributed by atoms with Crippen LogP contribution in [0.2, 0.25) is 0 Å². The minimum Gasteiger partial charge on any atom is -0.504 e. The van der Waals surface area contributed by atoms with E-state index >= 15 is 0 Å². The fraction of sp³-hybridized carbons (Fsp3) is 0.364. The van der Waals surface area contributed by atoms with Crippen LogP contribution in [0.25, 0.3) is 0 Å². The van der Waals surface area contributed by atoms with Gasteiger partial charge >= 0.3 is 0 Å². The maximum absolute atomic E-state index is 10.9. The van der Waals surface area contributed by atoms with Gasteiger partial charge in [0.25, 0.3) is 0 Å². The van der Waals surface area contributed by atoms with Gasteiger partial charge in [-0.2, -0.15) is 0 Å². The summed E-state index contributed by atoms with van der Waals surface area (Å²) in [4.78, 5) is 0. The van der Waals surface area contributed by atoms with Gasteiger partial charge in [0.1, 0.15) is 0 Å². The molecule has 1 aliphatic carbocycles. The van der Waals surface area contributed by atoms with Gasteiger partial charge in [-0.1, -0.05) is 6.58 Å². The van der Waals surface area contributed by atoms with E-state index in [0.29, 0.717) is 41.8 Å². The molecule has 1 saturated heterocycles. The molecule has 2 aromatic rings. The number of aromatic hydroxyl groups is 2. The van der Waals surface area contributed by atoms with Crippen LogP contribution < -0.4 is 18.9 Å². The summed E-state index contributed by atoms with van der Waals surface area (Å²) in [6, 6.07) is 5.51. The maximum atomic E-state index is 10.9. The van der Waals surface area contributed by atoms with Gasteiger partial charge in [0, 0.05) is 23.3 Å². The number of hydrogen-bond donors (Lipinski definition) is 2. The highest BCUT2D eigenvalue weighted by molar-refractivity contribution is 5.64. The molecular weight excluding hydrogens is 376 g/mol. The highest BCUT2D eigenvalue weighted by Crippen LogP contribution is 2.57. The third-order valence-corrected chi connectivity index (χ3v) is 6.16. The average molecular weight is 398 g/mol. The van der Waals surface area contributed by atoms with Gasteiger partial charge in [0.15, 0.2) is 23.0 Å². The summed E-state index contributed by atoms with van der Waals surface area (Å²) in [5, 5.41) is 21.2. The summed E-state index contributed by atoms with van der Waals surface area (Å²) >= 11 is 0. The van der Waals surface area contributed by atoms with Crippen molar-refractivity contribution in [1.29, 1.82) is 0 Å². The molecule has 0 saturated carbocycles. The molecule has 29 heavy (non-hydrogen) atoms. The van der Waals surface area contributed by atoms with Crippen LogP contribution in [-0.4, -0.2) is 37.8 Å². The third-order valence-electron chi connectivity index (χ3n) is 6.16. The molecule has 3 atom stereocenters. The Morgan fingerprint density at radius 3 is 2.41 bits per heavy atom. The van der Waals surface area contributed by atoms with Crippen LogP contribution in [0.5, 0.6) is 34.5 Å². The molecule has 7 nitrogen and oxygen atoms in total. The van der Waals surface area contributed by atoms with Crippen LogP contribution in [0.4, 0.5) is 0 Å². The van der Waals surface area contributed by atoms with Crippen LogP contribution in [0.3, 0.4) is 0 Å². The Kier molecular flexibility index (Phi) is 3.94. The molecule has 1 fully saturated rings. The minimum absolute atomic E-state index is 0.0150. The molecule has 0 amide bonds. The van der Waals surface area contributed by atoms with Crippen molar-refractivity contribution in [3.05, 3.63) is 47.2 Å². The third kappa shape index (κ3) is 2.50. The maximum Gasteiger partial charge on any atom is 0.231 e. The second-order valence-electron chi connectivity index (χ2n) is 7.55. The number of allylic oxidation sites excluding steroid dienone is 1. The first kappa shape index (κ1) is 17.8. The van der Waals surface area contributed by atoms with Gasteiger partial charge in [-0.25, -0.2) is 0 Å². The Morgan fingerprint density at radius 1 is 1.00 bits per heavy atom. The zero-order chi connectivity index (χ0) is 20.3. The first-order valence-electron chi connectivity index (χ1n) is 9.44. The summed E-state index contributed by atoms with van der Waals surface area (Å²) in [5.74, 6) is 2.33. The topological polar surface area (TPSA) is 86.6 Å². The summed E-state index contributed by atoms with van der Waals surface area (Å²) in [5.41, 5.74) is 2.62. The van der Waals surface area contributed by atoms with Crippen molar-refractivity contribution in [3.63, 3.8) is 0 Å². The lowest BCUT2D eigenvalue weighted by atomic mass is 9.66. The Labute approximate surface area is 168 Å². The largest absolute Gasteiger partial charge is 0.504 e. The van der Waals surface area contributed by atoms with E-state index < -0.39 is 0 Å². The fourth-order valence-electron chi connectivity index (χ4n) is 4.83. The molecule has 152 valence electrons. The second-order valence-corrected chi connectivity index (χ2v) is 7.55. The smallest absolute Gasteiger partial charge is 0.231 e. The number of phenols is 2. The molecule has 0 bridgehead atoms. The first-order chi connectivity index (χ1) is 14.0. The molecule has 0 radical (unpaired) electrons. The standard InChI is InChI=1S/C22H22O7/c1-10-18-12(8-27-10)4-14-13(7-17-22(20(14)23)29-9-28-17)19(18)11-5-15(25-2)21(24)16(6-11)26-3/h5-7,12,18-19,23-24H,1,4,8-9H2,2-3H3/t12-,18-,19+/m0/s1. The number of phenolic OH excluding ortho intramolecular Hbond substituents is 2. The molecule has 2 aliphatic heterocycles. The molecule has 0 unspecified atom stereocenters. The number of methoxy groups -OCH3 is 2. The van der Waals surface area contributed by atoms with Crippen LogP contribution in [0.1, 0.15) is 22.6 Å². The number of benzene rings is 2. The molecule has 0 aromatic heterocycles. The van der Waals surface area contributed by atoms with Crippen molar-refractivity contribution < 1.29 is 33.9 Å². The number of hydrogen-bond acceptors (Lipinski definition) is 7. The van der Waals surface area contributed by atoms with E-state index in [2.05, 4.69) is 6.58 Å². The van der Waals surface area contributed by atoms with E-state index in [1.54, 1.807) is 12.1 Å². The van der Waals surface area contributed by atoms with Crippen LogP contribution in [0.15, 0.2) is 30.5 Å². The lowest BCUT2D eigenvalue weighted by molar-refractivity contribution is 0.171. The molecule has 2 N–H and O–H groups in total. The fourth-order valence-corrected chi connectivity index (χ4v) is 4.83. The first-order valence-corrected chi connectivity index (χ1v) is 9.44. The van der Waals surface area contributed by atoms with E-state index in [9.17, 15) is 10.2 Å². The quantitative estimate of drug-likeness (QED) is 0.820. The number of ether oxygens (including phenoxy) is 5. The van der Waals surface area contributed by atoms with Crippen LogP contribution in [-0.2, 0) is 11.2 Å². The summed E-state index contributed by atoms with van der Waals surface area (Å²) < 4.78 is 27.6. The SMILES string of the molecule is C=C1OC[C@@H]2Cc3c(cc4c(c3O)OCO4)[C@@H](c3cc(OC)c(O)c(OC)c3)[C@@H]12. The van der Waals surface area contributed by atoms with Crippen LogP contribution >= 0.6 is 0 Å². The minimum atomic E-state index is -0.178. The predicted octanol–water partition coefficient (Wildman–Crippen LogP) is 3.31. The number of rotatable bonds is 3. The van der Waals surface area contributed by atoms with E-state index in [1.807, 2.05) is 6.07 Å². The lowest BCUT2D eigenvalue weighted by Gasteiger charge is -2.35. The van der Waals surface area contributed by atoms with Gasteiger partial charge in [0.05, 0.1) is 26.6 Å². The second kappa shape index (κ2) is 6.40. The van der Waals surface area contributed by atoms with Gasteiger partial charge in [0.2, 0.25) is 18.3 Å². The molecule has 3 aliphatic rings. The highest BCUT2D eigenvalue weighted by Gasteiger charge is 2.46. The average Bonchev–Trinajstić information content (AvgIpc) is 3.34. The zero-order valence-corrected chi connectivity index (χ0v) is 16.2. The summed E-state index contributed by atoms with van der Waals surface area (Å²) in [7, 11) is 2.99. The highest BCUT2D eigenvalue weighted by atomic mass is 16.7. The Bertz CT molecular complexity index is 988. The summed E-state index contributed by atoms with van der Waals surface area (Å²) in [6.45, 7) is 4.76. The lowest BCUT2D eigenvalue weighted by Crippen LogP contribution is -2.28. The Morgan fingerprint density at radius 2 is 1.72 bits per heavy atom. The van der Waals surface area contributed by atoms with Crippen molar-refractivity contribution in [1.82, 2.24) is 0 Å². The predicted molar refractivity (Wildman–Crippen MR) is 103 cm³/mol. The van der Waals surface area contributed by atoms with Gasteiger partial charge in [-0.15, -0.1) is 0 Å². The summed E-state index contributed by atoms with van der Waals surface area (Å²) in [6.07, 6.45) is 0.657. The normalized spacial score (nSPS) is 23.9. The van der Waals surface area contributed by atoms with Crippen LogP contribution in [0, 0.1) is 11.8 Å². The van der Waals surface area contributed by atoms with Crippen molar-refractivity contribution in [2.75, 3.05) is 27.6 Å². The van der Waals surface area contributed by atoms with Crippen molar-refractivity contribution >= 4 is 0 Å². The molecule has 5 rings (SSSR count). The van der Waals surface area contributed by atoms with Gasteiger partial charge in [-0.05, 0) is 35.7 Å².